The highest BCUT2D eigenvalue weighted by Crippen LogP contribution is 2.03. The standard InChI is InChI=1S/C9H17N3O2/c1-7(13)6-11-9(14)12-8-4-2-3-5-10-8/h8,10H,2-6H2,1H3,(H2,11,12,14). The van der Waals surface area contributed by atoms with E-state index in [1.54, 1.807) is 0 Å². The average molecular weight is 199 g/mol. The van der Waals surface area contributed by atoms with Crippen molar-refractivity contribution in [2.45, 2.75) is 32.4 Å². The van der Waals surface area contributed by atoms with Crippen LogP contribution in [-0.4, -0.2) is 31.1 Å². The third-order valence-electron chi connectivity index (χ3n) is 2.11. The van der Waals surface area contributed by atoms with Crippen molar-refractivity contribution in [1.29, 1.82) is 0 Å². The second kappa shape index (κ2) is 5.59. The summed E-state index contributed by atoms with van der Waals surface area (Å²) >= 11 is 0. The molecule has 5 heteroatoms. The zero-order valence-corrected chi connectivity index (χ0v) is 8.43. The summed E-state index contributed by atoms with van der Waals surface area (Å²) in [5, 5.41) is 8.43. The molecule has 0 aromatic carbocycles. The van der Waals surface area contributed by atoms with Crippen LogP contribution >= 0.6 is 0 Å². The number of Topliss-reactive ketones (excluding diaryl/α,β-unsaturated/α-hetero) is 1. The molecule has 1 atom stereocenters. The molecule has 1 fully saturated rings. The van der Waals surface area contributed by atoms with Crippen molar-refractivity contribution >= 4 is 11.8 Å². The van der Waals surface area contributed by atoms with Crippen LogP contribution in [0, 0.1) is 0 Å². The number of urea groups is 1. The van der Waals surface area contributed by atoms with Gasteiger partial charge in [0.2, 0.25) is 0 Å². The van der Waals surface area contributed by atoms with Crippen molar-refractivity contribution in [3.63, 3.8) is 0 Å². The Balaban J connectivity index is 2.15. The van der Waals surface area contributed by atoms with E-state index < -0.39 is 0 Å². The van der Waals surface area contributed by atoms with Gasteiger partial charge < -0.3 is 10.6 Å². The molecule has 1 rings (SSSR count). The van der Waals surface area contributed by atoms with Crippen molar-refractivity contribution in [2.75, 3.05) is 13.1 Å². The zero-order chi connectivity index (χ0) is 10.4. The van der Waals surface area contributed by atoms with E-state index in [1.807, 2.05) is 0 Å². The molecule has 1 aliphatic rings. The summed E-state index contributed by atoms with van der Waals surface area (Å²) in [5.74, 6) is -0.0447. The van der Waals surface area contributed by atoms with E-state index in [2.05, 4.69) is 16.0 Å². The Morgan fingerprint density at radius 1 is 1.43 bits per heavy atom. The van der Waals surface area contributed by atoms with Gasteiger partial charge >= 0.3 is 6.03 Å². The number of piperidine rings is 1. The molecule has 14 heavy (non-hydrogen) atoms. The van der Waals surface area contributed by atoms with Crippen LogP contribution < -0.4 is 16.0 Å². The summed E-state index contributed by atoms with van der Waals surface area (Å²) < 4.78 is 0. The minimum Gasteiger partial charge on any atom is -0.331 e. The largest absolute Gasteiger partial charge is 0.331 e. The van der Waals surface area contributed by atoms with Gasteiger partial charge in [-0.15, -0.1) is 0 Å². The molecule has 0 radical (unpaired) electrons. The smallest absolute Gasteiger partial charge is 0.316 e. The Bertz CT molecular complexity index is 212. The quantitative estimate of drug-likeness (QED) is 0.598. The van der Waals surface area contributed by atoms with Crippen LogP contribution in [-0.2, 0) is 4.79 Å². The summed E-state index contributed by atoms with van der Waals surface area (Å²) in [5.41, 5.74) is 0. The van der Waals surface area contributed by atoms with E-state index in [0.29, 0.717) is 0 Å². The molecule has 0 bridgehead atoms. The molecule has 1 aliphatic heterocycles. The first kappa shape index (κ1) is 11.0. The third-order valence-corrected chi connectivity index (χ3v) is 2.11. The Hall–Kier alpha value is -1.10. The fraction of sp³-hybridized carbons (Fsp3) is 0.778. The number of rotatable bonds is 3. The SMILES string of the molecule is CC(=O)CNC(=O)NC1CCCCN1. The zero-order valence-electron chi connectivity index (χ0n) is 8.43. The summed E-state index contributed by atoms with van der Waals surface area (Å²) in [4.78, 5) is 21.8. The van der Waals surface area contributed by atoms with Gasteiger partial charge in [0.25, 0.3) is 0 Å². The Morgan fingerprint density at radius 2 is 2.21 bits per heavy atom. The Labute approximate surface area is 83.6 Å². The third kappa shape index (κ3) is 4.23. The van der Waals surface area contributed by atoms with E-state index in [0.717, 1.165) is 25.8 Å². The fourth-order valence-electron chi connectivity index (χ4n) is 1.39. The summed E-state index contributed by atoms with van der Waals surface area (Å²) in [6.45, 7) is 2.48. The molecule has 2 amide bonds. The molecule has 0 saturated carbocycles. The lowest BCUT2D eigenvalue weighted by Gasteiger charge is -2.24. The Morgan fingerprint density at radius 3 is 2.79 bits per heavy atom. The molecule has 1 unspecified atom stereocenters. The van der Waals surface area contributed by atoms with E-state index >= 15 is 0 Å². The van der Waals surface area contributed by atoms with Crippen molar-refractivity contribution < 1.29 is 9.59 Å². The maximum absolute atomic E-state index is 11.2. The number of carbonyl (C=O) groups excluding carboxylic acids is 2. The van der Waals surface area contributed by atoms with E-state index in [1.165, 1.54) is 6.92 Å². The second-order valence-electron chi connectivity index (χ2n) is 3.53. The lowest BCUT2D eigenvalue weighted by atomic mass is 10.1. The van der Waals surface area contributed by atoms with Crippen molar-refractivity contribution in [1.82, 2.24) is 16.0 Å². The molecule has 3 N–H and O–H groups in total. The van der Waals surface area contributed by atoms with Gasteiger partial charge in [-0.25, -0.2) is 4.79 Å². The second-order valence-corrected chi connectivity index (χ2v) is 3.53. The molecule has 5 nitrogen and oxygen atoms in total. The Kier molecular flexibility index (Phi) is 4.39. The number of carbonyl (C=O) groups is 2. The minimum atomic E-state index is -0.278. The molecule has 0 aromatic rings. The van der Waals surface area contributed by atoms with Gasteiger partial charge in [-0.05, 0) is 32.7 Å². The maximum Gasteiger partial charge on any atom is 0.316 e. The highest BCUT2D eigenvalue weighted by atomic mass is 16.2. The van der Waals surface area contributed by atoms with E-state index in [-0.39, 0.29) is 24.5 Å². The van der Waals surface area contributed by atoms with Crippen molar-refractivity contribution in [2.24, 2.45) is 0 Å². The predicted molar refractivity (Wildman–Crippen MR) is 52.9 cm³/mol. The van der Waals surface area contributed by atoms with Crippen molar-refractivity contribution in [3.05, 3.63) is 0 Å². The summed E-state index contributed by atoms with van der Waals surface area (Å²) in [7, 11) is 0. The number of ketones is 1. The molecular formula is C9H17N3O2. The van der Waals surface area contributed by atoms with Gasteiger partial charge in [-0.2, -0.15) is 0 Å². The highest BCUT2D eigenvalue weighted by Gasteiger charge is 2.14. The summed E-state index contributed by atoms with van der Waals surface area (Å²) in [6.07, 6.45) is 3.29. The van der Waals surface area contributed by atoms with Gasteiger partial charge in [0, 0.05) is 0 Å². The average Bonchev–Trinajstić information content (AvgIpc) is 2.16. The van der Waals surface area contributed by atoms with Crippen LogP contribution in [0.5, 0.6) is 0 Å². The van der Waals surface area contributed by atoms with Crippen LogP contribution in [0.2, 0.25) is 0 Å². The molecule has 1 heterocycles. The topological polar surface area (TPSA) is 70.2 Å². The highest BCUT2D eigenvalue weighted by molar-refractivity contribution is 5.83. The van der Waals surface area contributed by atoms with Crippen LogP contribution in [0.4, 0.5) is 4.79 Å². The van der Waals surface area contributed by atoms with Crippen molar-refractivity contribution in [3.8, 4) is 0 Å². The van der Waals surface area contributed by atoms with E-state index in [9.17, 15) is 9.59 Å². The normalized spacial score (nSPS) is 21.4. The molecule has 0 aliphatic carbocycles. The predicted octanol–water partition coefficient (Wildman–Crippen LogP) is -0.0258. The number of hydrogen-bond donors (Lipinski definition) is 3. The molecular weight excluding hydrogens is 182 g/mol. The number of amides is 2. The van der Waals surface area contributed by atoms with Crippen LogP contribution in [0.15, 0.2) is 0 Å². The molecule has 80 valence electrons. The molecule has 1 saturated heterocycles. The fourth-order valence-corrected chi connectivity index (χ4v) is 1.39. The summed E-state index contributed by atoms with van der Waals surface area (Å²) in [6, 6.07) is -0.278. The monoisotopic (exact) mass is 199 g/mol. The lowest BCUT2D eigenvalue weighted by Crippen LogP contribution is -2.51. The van der Waals surface area contributed by atoms with Crippen LogP contribution in [0.25, 0.3) is 0 Å². The van der Waals surface area contributed by atoms with Gasteiger partial charge in [0.05, 0.1) is 12.7 Å². The lowest BCUT2D eigenvalue weighted by molar-refractivity contribution is -0.116. The van der Waals surface area contributed by atoms with Gasteiger partial charge in [0.1, 0.15) is 5.78 Å². The van der Waals surface area contributed by atoms with Crippen LogP contribution in [0.3, 0.4) is 0 Å². The first-order valence-corrected chi connectivity index (χ1v) is 4.95. The first-order chi connectivity index (χ1) is 6.68. The molecule has 0 aromatic heterocycles. The van der Waals surface area contributed by atoms with E-state index in [4.69, 9.17) is 0 Å². The first-order valence-electron chi connectivity index (χ1n) is 4.95. The van der Waals surface area contributed by atoms with Gasteiger partial charge in [-0.1, -0.05) is 0 Å². The maximum atomic E-state index is 11.2. The molecule has 0 spiro atoms. The van der Waals surface area contributed by atoms with Gasteiger partial charge in [-0.3, -0.25) is 10.1 Å². The van der Waals surface area contributed by atoms with Gasteiger partial charge in [0.15, 0.2) is 0 Å². The number of hydrogen-bond acceptors (Lipinski definition) is 3. The minimum absolute atomic E-state index is 0.0447. The van der Waals surface area contributed by atoms with Crippen LogP contribution in [0.1, 0.15) is 26.2 Å². The number of nitrogens with one attached hydrogen (secondary N) is 3.